The Hall–Kier alpha value is -2.53. The second-order valence-electron chi connectivity index (χ2n) is 10.7. The number of imidazole rings is 3. The summed E-state index contributed by atoms with van der Waals surface area (Å²) in [7, 11) is 0. The number of rotatable bonds is 15. The van der Waals surface area contributed by atoms with Gasteiger partial charge in [0.1, 0.15) is 11.4 Å². The molecule has 0 bridgehead atoms. The van der Waals surface area contributed by atoms with E-state index in [9.17, 15) is 0 Å². The van der Waals surface area contributed by atoms with Gasteiger partial charge in [-0.1, -0.05) is 27.7 Å². The molecule has 0 unspecified atom stereocenters. The van der Waals surface area contributed by atoms with E-state index in [1.54, 1.807) is 0 Å². The van der Waals surface area contributed by atoms with Gasteiger partial charge >= 0.3 is 0 Å². The number of likely N-dealkylation sites (N-methyl/N-ethyl adjacent to an activating group) is 2. The lowest BCUT2D eigenvalue weighted by atomic mass is 10.3. The summed E-state index contributed by atoms with van der Waals surface area (Å²) in [5.74, 6) is 1.87. The lowest BCUT2D eigenvalue weighted by Crippen LogP contribution is -2.38. The lowest BCUT2D eigenvalue weighted by Gasteiger charge is -2.26. The van der Waals surface area contributed by atoms with E-state index in [-0.39, 0.29) is 0 Å². The average molecular weight is 553 g/mol. The minimum Gasteiger partial charge on any atom is -0.379 e. The third-order valence-electron chi connectivity index (χ3n) is 8.32. The highest BCUT2D eigenvalue weighted by Crippen LogP contribution is 2.31. The fourth-order valence-electron chi connectivity index (χ4n) is 5.61. The van der Waals surface area contributed by atoms with Crippen LogP contribution in [0.15, 0.2) is 6.33 Å². The molecule has 4 heterocycles. The molecule has 40 heavy (non-hydrogen) atoms. The Morgan fingerprint density at radius 1 is 0.825 bits per heavy atom. The Kier molecular flexibility index (Phi) is 10.9. The first-order valence-corrected chi connectivity index (χ1v) is 15.2. The number of aryl methyl sites for hydroxylation is 2. The molecule has 0 N–H and O–H groups in total. The van der Waals surface area contributed by atoms with Crippen molar-refractivity contribution >= 4 is 0 Å². The van der Waals surface area contributed by atoms with Gasteiger partial charge in [0.2, 0.25) is 0 Å². The van der Waals surface area contributed by atoms with Gasteiger partial charge in [-0.3, -0.25) is 4.90 Å². The number of morpholine rings is 1. The fourth-order valence-corrected chi connectivity index (χ4v) is 5.61. The predicted octanol–water partition coefficient (Wildman–Crippen LogP) is 3.35. The van der Waals surface area contributed by atoms with Gasteiger partial charge in [-0.15, -0.1) is 0 Å². The van der Waals surface area contributed by atoms with Crippen LogP contribution < -0.4 is 0 Å². The molecule has 1 radical (unpaired) electrons. The second-order valence-corrected chi connectivity index (χ2v) is 10.7. The third kappa shape index (κ3) is 7.02. The van der Waals surface area contributed by atoms with Gasteiger partial charge in [0.15, 0.2) is 11.6 Å². The molecule has 3 aromatic heterocycles. The summed E-state index contributed by atoms with van der Waals surface area (Å²) in [6, 6.07) is 0. The van der Waals surface area contributed by atoms with E-state index in [0.717, 1.165) is 132 Å². The topological polar surface area (TPSA) is 72.4 Å². The fraction of sp³-hybridized carbons (Fsp3) is 0.700. The summed E-state index contributed by atoms with van der Waals surface area (Å²) in [6.45, 7) is 28.4. The van der Waals surface area contributed by atoms with Crippen LogP contribution in [0.1, 0.15) is 44.8 Å². The molecule has 221 valence electrons. The molecule has 0 spiro atoms. The van der Waals surface area contributed by atoms with Gasteiger partial charge in [0.05, 0.1) is 37.1 Å². The number of hydrogen-bond acceptors (Lipinski definition) is 7. The summed E-state index contributed by atoms with van der Waals surface area (Å²) in [5.41, 5.74) is 5.09. The van der Waals surface area contributed by atoms with E-state index in [0.29, 0.717) is 0 Å². The van der Waals surface area contributed by atoms with E-state index in [1.807, 2.05) is 13.3 Å². The van der Waals surface area contributed by atoms with Crippen molar-refractivity contribution < 1.29 is 4.74 Å². The molecule has 10 nitrogen and oxygen atoms in total. The molecule has 0 aromatic carbocycles. The van der Waals surface area contributed by atoms with E-state index in [2.05, 4.69) is 76.1 Å². The van der Waals surface area contributed by atoms with Crippen molar-refractivity contribution in [2.24, 2.45) is 0 Å². The highest BCUT2D eigenvalue weighted by molar-refractivity contribution is 5.64. The Morgan fingerprint density at radius 2 is 1.48 bits per heavy atom. The van der Waals surface area contributed by atoms with Crippen molar-refractivity contribution in [3.05, 3.63) is 29.6 Å². The number of ether oxygens (including phenoxy) is 1. The number of nitrogens with zero attached hydrogens (tertiary/aromatic N) is 9. The Bertz CT molecular complexity index is 1200. The van der Waals surface area contributed by atoms with Gasteiger partial charge in [-0.2, -0.15) is 0 Å². The van der Waals surface area contributed by atoms with Crippen molar-refractivity contribution in [1.82, 2.24) is 43.4 Å². The average Bonchev–Trinajstić information content (AvgIpc) is 3.62. The molecular weight excluding hydrogens is 502 g/mol. The first kappa shape index (κ1) is 30.4. The molecule has 0 aliphatic carbocycles. The van der Waals surface area contributed by atoms with Crippen molar-refractivity contribution in [1.29, 1.82) is 0 Å². The standard InChI is InChI=1S/C30H50N9O/c1-8-34(9-2)12-16-38-23-31-27(26(38)7)29-33-25(6)28(39(29)17-14-35(10-3)11-4)30-32-24(5)22-37(30)15-13-36-18-20-40-21-19-36/h23H,8-21H2,1-7H3. The number of aromatic nitrogens is 6. The molecule has 0 amide bonds. The molecule has 4 rings (SSSR count). The Labute approximate surface area is 241 Å². The first-order valence-electron chi connectivity index (χ1n) is 15.2. The quantitative estimate of drug-likeness (QED) is 0.286. The predicted molar refractivity (Wildman–Crippen MR) is 161 cm³/mol. The molecule has 1 aliphatic heterocycles. The van der Waals surface area contributed by atoms with Crippen molar-refractivity contribution in [2.75, 3.05) is 72.1 Å². The summed E-state index contributed by atoms with van der Waals surface area (Å²) in [6.07, 6.45) is 5.48. The van der Waals surface area contributed by atoms with Crippen LogP contribution in [0.3, 0.4) is 0 Å². The SMILES string of the molecule is CCN(CC)CCn1cnc(-c2nc(C)c(-c3nc(C)[c]n3CCN3CCOCC3)n2CCN(CC)CC)c1C. The molecule has 1 fully saturated rings. The molecule has 3 aromatic rings. The van der Waals surface area contributed by atoms with Crippen LogP contribution in [-0.4, -0.2) is 115 Å². The summed E-state index contributed by atoms with van der Waals surface area (Å²) >= 11 is 0. The largest absolute Gasteiger partial charge is 0.379 e. The van der Waals surface area contributed by atoms with Gasteiger partial charge in [-0.25, -0.2) is 15.0 Å². The molecule has 1 aliphatic rings. The minimum atomic E-state index is 0.807. The van der Waals surface area contributed by atoms with Crippen LogP contribution in [0.25, 0.3) is 23.0 Å². The summed E-state index contributed by atoms with van der Waals surface area (Å²) in [5, 5.41) is 0. The van der Waals surface area contributed by atoms with Crippen LogP contribution in [0.2, 0.25) is 0 Å². The molecule has 1 saturated heterocycles. The van der Waals surface area contributed by atoms with Crippen LogP contribution in [0.5, 0.6) is 0 Å². The molecule has 0 atom stereocenters. The van der Waals surface area contributed by atoms with E-state index in [4.69, 9.17) is 19.7 Å². The van der Waals surface area contributed by atoms with Crippen LogP contribution in [0.4, 0.5) is 0 Å². The number of hydrogen-bond donors (Lipinski definition) is 0. The zero-order valence-corrected chi connectivity index (χ0v) is 25.9. The van der Waals surface area contributed by atoms with Crippen molar-refractivity contribution in [3.8, 4) is 23.0 Å². The van der Waals surface area contributed by atoms with Crippen molar-refractivity contribution in [3.63, 3.8) is 0 Å². The highest BCUT2D eigenvalue weighted by atomic mass is 16.5. The van der Waals surface area contributed by atoms with E-state index >= 15 is 0 Å². The van der Waals surface area contributed by atoms with E-state index < -0.39 is 0 Å². The molecule has 0 saturated carbocycles. The van der Waals surface area contributed by atoms with Gasteiger partial charge in [0.25, 0.3) is 0 Å². The monoisotopic (exact) mass is 552 g/mol. The summed E-state index contributed by atoms with van der Waals surface area (Å²) in [4.78, 5) is 22.4. The zero-order valence-electron chi connectivity index (χ0n) is 25.9. The smallest absolute Gasteiger partial charge is 0.161 e. The first-order chi connectivity index (χ1) is 19.4. The van der Waals surface area contributed by atoms with Gasteiger partial charge in [-0.05, 0) is 47.0 Å². The summed E-state index contributed by atoms with van der Waals surface area (Å²) < 4.78 is 12.4. The van der Waals surface area contributed by atoms with Crippen molar-refractivity contribution in [2.45, 2.75) is 68.1 Å². The maximum absolute atomic E-state index is 5.55. The highest BCUT2D eigenvalue weighted by Gasteiger charge is 2.25. The third-order valence-corrected chi connectivity index (χ3v) is 8.32. The maximum Gasteiger partial charge on any atom is 0.161 e. The Morgan fingerprint density at radius 3 is 2.12 bits per heavy atom. The maximum atomic E-state index is 5.55. The van der Waals surface area contributed by atoms with Gasteiger partial charge < -0.3 is 28.2 Å². The normalized spacial score (nSPS) is 14.7. The van der Waals surface area contributed by atoms with Crippen LogP contribution in [0, 0.1) is 27.0 Å². The Balaban J connectivity index is 1.69. The lowest BCUT2D eigenvalue weighted by molar-refractivity contribution is 0.0364. The van der Waals surface area contributed by atoms with Gasteiger partial charge in [0, 0.05) is 58.1 Å². The molecule has 10 heteroatoms. The van der Waals surface area contributed by atoms with Crippen LogP contribution in [-0.2, 0) is 24.4 Å². The van der Waals surface area contributed by atoms with E-state index in [1.165, 1.54) is 0 Å². The zero-order chi connectivity index (χ0) is 28.6. The van der Waals surface area contributed by atoms with Crippen LogP contribution >= 0.6 is 0 Å². The second kappa shape index (κ2) is 14.4. The molecular formula is C30H50N9O. The minimum absolute atomic E-state index is 0.807.